The van der Waals surface area contributed by atoms with Crippen LogP contribution < -0.4 is 16.6 Å². The van der Waals surface area contributed by atoms with Crippen molar-refractivity contribution in [3.63, 3.8) is 0 Å². The van der Waals surface area contributed by atoms with Crippen LogP contribution in [0.4, 0.5) is 13.2 Å². The molecule has 0 radical (unpaired) electrons. The molecule has 1 aromatic heterocycles. The Labute approximate surface area is 249 Å². The van der Waals surface area contributed by atoms with Crippen LogP contribution in [0.25, 0.3) is 10.9 Å². The zero-order chi connectivity index (χ0) is 31.1. The summed E-state index contributed by atoms with van der Waals surface area (Å²) in [6.07, 6.45) is -3.89. The fraction of sp³-hybridized carbons (Fsp3) is 0.444. The fourth-order valence-corrected chi connectivity index (χ4v) is 6.76. The number of amides is 1. The van der Waals surface area contributed by atoms with Gasteiger partial charge in [-0.15, -0.1) is 0 Å². The van der Waals surface area contributed by atoms with Gasteiger partial charge in [0.2, 0.25) is 5.91 Å². The lowest BCUT2D eigenvalue weighted by Gasteiger charge is -2.27. The Morgan fingerprint density at radius 1 is 1.17 bits per heavy atom. The first-order chi connectivity index (χ1) is 19.5. The van der Waals surface area contributed by atoms with Crippen molar-refractivity contribution >= 4 is 49.8 Å². The van der Waals surface area contributed by atoms with E-state index < -0.39 is 55.8 Å². The van der Waals surface area contributed by atoms with Gasteiger partial charge in [-0.3, -0.25) is 19.1 Å². The average molecular weight is 650 g/mol. The van der Waals surface area contributed by atoms with E-state index in [1.54, 1.807) is 18.7 Å². The van der Waals surface area contributed by atoms with Gasteiger partial charge in [-0.2, -0.15) is 13.2 Å². The molecule has 0 spiro atoms. The van der Waals surface area contributed by atoms with E-state index in [0.29, 0.717) is 30.0 Å². The molecule has 0 bridgehead atoms. The third kappa shape index (κ3) is 6.38. The number of likely N-dealkylation sites (tertiary alicyclic amines) is 1. The van der Waals surface area contributed by atoms with Gasteiger partial charge in [-0.05, 0) is 68.6 Å². The molecule has 9 nitrogen and oxygen atoms in total. The molecule has 1 amide bonds. The minimum Gasteiger partial charge on any atom is -0.353 e. The van der Waals surface area contributed by atoms with E-state index in [4.69, 9.17) is 23.2 Å². The van der Waals surface area contributed by atoms with Crippen LogP contribution in [0.5, 0.6) is 0 Å². The molecule has 3 aromatic rings. The zero-order valence-corrected chi connectivity index (χ0v) is 25.3. The quantitative estimate of drug-likeness (QED) is 0.375. The average Bonchev–Trinajstić information content (AvgIpc) is 3.35. The second-order valence-electron chi connectivity index (χ2n) is 10.4. The summed E-state index contributed by atoms with van der Waals surface area (Å²) in [6, 6.07) is 3.67. The third-order valence-corrected chi connectivity index (χ3v) is 9.63. The Kier molecular flexibility index (Phi) is 9.17. The Morgan fingerprint density at radius 2 is 1.86 bits per heavy atom. The molecule has 15 heteroatoms. The van der Waals surface area contributed by atoms with Crippen LogP contribution in [-0.4, -0.2) is 53.2 Å². The van der Waals surface area contributed by atoms with Crippen molar-refractivity contribution in [1.29, 1.82) is 0 Å². The molecule has 228 valence electrons. The highest BCUT2D eigenvalue weighted by Gasteiger charge is 2.38. The summed E-state index contributed by atoms with van der Waals surface area (Å²) in [6.45, 7) is 4.41. The summed E-state index contributed by atoms with van der Waals surface area (Å²) in [4.78, 5) is 43.1. The maximum absolute atomic E-state index is 14.4. The number of halogens is 5. The first-order valence-corrected chi connectivity index (χ1v) is 15.6. The highest BCUT2D eigenvalue weighted by molar-refractivity contribution is 7.91. The van der Waals surface area contributed by atoms with E-state index in [-0.39, 0.29) is 50.8 Å². The first kappa shape index (κ1) is 32.1. The molecule has 1 fully saturated rings. The number of rotatable bonds is 8. The van der Waals surface area contributed by atoms with Crippen molar-refractivity contribution in [3.05, 3.63) is 71.8 Å². The number of nitrogens with one attached hydrogen (secondary N) is 2. The second-order valence-corrected chi connectivity index (χ2v) is 13.5. The van der Waals surface area contributed by atoms with Gasteiger partial charge in [-0.25, -0.2) is 13.2 Å². The van der Waals surface area contributed by atoms with Gasteiger partial charge < -0.3 is 10.3 Å². The van der Waals surface area contributed by atoms with Gasteiger partial charge in [0.15, 0.2) is 9.84 Å². The minimum atomic E-state index is -4.93. The van der Waals surface area contributed by atoms with Crippen LogP contribution in [0.3, 0.4) is 0 Å². The molecule has 2 aromatic carbocycles. The standard InChI is InChI=1S/C27H29Cl2F3N4O5S/c1-4-42(40,41)21-8-7-16(28)10-15(21)12-36-25(38)17-11-19(27(30,31)32)18(22(29)23(17)34-26(36)39)13-35-9-5-6-20(35)24(37)33-14(2)3/h7-8,10-11,14,20H,4-6,9,12-13H2,1-3H3,(H,33,37)(H,34,39). The lowest BCUT2D eigenvalue weighted by atomic mass is 10.0. The molecule has 1 atom stereocenters. The molecule has 1 aliphatic heterocycles. The van der Waals surface area contributed by atoms with Crippen molar-refractivity contribution in [3.8, 4) is 0 Å². The molecule has 2 heterocycles. The van der Waals surface area contributed by atoms with E-state index in [9.17, 15) is 36.0 Å². The maximum Gasteiger partial charge on any atom is 0.416 e. The number of H-pyrrole nitrogens is 1. The number of benzene rings is 2. The van der Waals surface area contributed by atoms with E-state index in [1.807, 2.05) is 0 Å². The van der Waals surface area contributed by atoms with Gasteiger partial charge in [0.1, 0.15) is 0 Å². The number of fused-ring (bicyclic) bond motifs is 1. The van der Waals surface area contributed by atoms with E-state index in [2.05, 4.69) is 10.3 Å². The monoisotopic (exact) mass is 648 g/mol. The highest BCUT2D eigenvalue weighted by atomic mass is 35.5. The van der Waals surface area contributed by atoms with Crippen molar-refractivity contribution in [1.82, 2.24) is 19.8 Å². The van der Waals surface area contributed by atoms with E-state index in [1.165, 1.54) is 25.1 Å². The molecular weight excluding hydrogens is 620 g/mol. The van der Waals surface area contributed by atoms with Crippen LogP contribution in [0.1, 0.15) is 50.3 Å². The molecule has 42 heavy (non-hydrogen) atoms. The van der Waals surface area contributed by atoms with E-state index >= 15 is 0 Å². The second kappa shape index (κ2) is 12.0. The van der Waals surface area contributed by atoms with Gasteiger partial charge >= 0.3 is 11.9 Å². The van der Waals surface area contributed by atoms with Crippen LogP contribution in [-0.2, 0) is 33.9 Å². The maximum atomic E-state index is 14.4. The van der Waals surface area contributed by atoms with E-state index in [0.717, 1.165) is 0 Å². The summed E-state index contributed by atoms with van der Waals surface area (Å²) >= 11 is 12.5. The molecule has 2 N–H and O–H groups in total. The van der Waals surface area contributed by atoms with Crippen LogP contribution in [0, 0.1) is 0 Å². The molecule has 4 rings (SSSR count). The smallest absolute Gasteiger partial charge is 0.353 e. The molecule has 1 unspecified atom stereocenters. The lowest BCUT2D eigenvalue weighted by molar-refractivity contribution is -0.138. The lowest BCUT2D eigenvalue weighted by Crippen LogP contribution is -2.45. The largest absolute Gasteiger partial charge is 0.416 e. The van der Waals surface area contributed by atoms with Crippen LogP contribution >= 0.6 is 23.2 Å². The Bertz CT molecular complexity index is 1770. The minimum absolute atomic E-state index is 0.0230. The van der Waals surface area contributed by atoms with Crippen LogP contribution in [0.2, 0.25) is 10.0 Å². The SMILES string of the molecule is CCS(=O)(=O)c1ccc(Cl)cc1Cn1c(=O)[nH]c2c(Cl)c(CN3CCCC3C(=O)NC(C)C)c(C(F)(F)F)cc2c1=O. The molecule has 1 saturated heterocycles. The van der Waals surface area contributed by atoms with Gasteiger partial charge in [0, 0.05) is 17.6 Å². The summed E-state index contributed by atoms with van der Waals surface area (Å²) in [5.41, 5.74) is -3.92. The normalized spacial score (nSPS) is 16.5. The number of hydrogen-bond donors (Lipinski definition) is 2. The molecule has 0 saturated carbocycles. The zero-order valence-electron chi connectivity index (χ0n) is 22.9. The number of aromatic nitrogens is 2. The number of sulfone groups is 1. The summed E-state index contributed by atoms with van der Waals surface area (Å²) in [7, 11) is -3.79. The van der Waals surface area contributed by atoms with Gasteiger partial charge in [0.25, 0.3) is 5.56 Å². The van der Waals surface area contributed by atoms with Gasteiger partial charge in [0.05, 0.1) is 44.7 Å². The third-order valence-electron chi connectivity index (χ3n) is 7.15. The summed E-state index contributed by atoms with van der Waals surface area (Å²) < 4.78 is 68.9. The number of carbonyl (C=O) groups excluding carboxylic acids is 1. The number of nitrogens with zero attached hydrogens (tertiary/aromatic N) is 2. The van der Waals surface area contributed by atoms with Crippen molar-refractivity contribution in [2.75, 3.05) is 12.3 Å². The van der Waals surface area contributed by atoms with Crippen molar-refractivity contribution < 1.29 is 26.4 Å². The first-order valence-electron chi connectivity index (χ1n) is 13.2. The Balaban J connectivity index is 1.86. The molecular formula is C27H29Cl2F3N4O5S. The molecule has 1 aliphatic rings. The number of carbonyl (C=O) groups is 1. The predicted molar refractivity (Wildman–Crippen MR) is 154 cm³/mol. The number of aromatic amines is 1. The number of alkyl halides is 3. The Hall–Kier alpha value is -2.87. The summed E-state index contributed by atoms with van der Waals surface area (Å²) in [5.74, 6) is -0.579. The van der Waals surface area contributed by atoms with Crippen molar-refractivity contribution in [2.45, 2.75) is 69.9 Å². The predicted octanol–water partition coefficient (Wildman–Crippen LogP) is 4.35. The number of hydrogen-bond acceptors (Lipinski definition) is 6. The fourth-order valence-electron chi connectivity index (χ4n) is 5.14. The topological polar surface area (TPSA) is 121 Å². The van der Waals surface area contributed by atoms with Crippen molar-refractivity contribution in [2.24, 2.45) is 0 Å². The van der Waals surface area contributed by atoms with Crippen LogP contribution in [0.15, 0.2) is 38.8 Å². The highest BCUT2D eigenvalue weighted by Crippen LogP contribution is 2.39. The molecule has 0 aliphatic carbocycles. The van der Waals surface area contributed by atoms with Gasteiger partial charge in [-0.1, -0.05) is 30.1 Å². The Morgan fingerprint density at radius 3 is 2.48 bits per heavy atom. The summed E-state index contributed by atoms with van der Waals surface area (Å²) in [5, 5.41) is 1.95.